The van der Waals surface area contributed by atoms with Crippen LogP contribution < -0.4 is 0 Å². The van der Waals surface area contributed by atoms with Gasteiger partial charge in [-0.15, -0.1) is 0 Å². The van der Waals surface area contributed by atoms with Crippen molar-refractivity contribution in [1.82, 2.24) is 0 Å². The van der Waals surface area contributed by atoms with Crippen molar-refractivity contribution >= 4 is 24.2 Å². The van der Waals surface area contributed by atoms with Gasteiger partial charge >= 0.3 is 24.2 Å². The smallest absolute Gasteiger partial charge is 0.459 e. The van der Waals surface area contributed by atoms with E-state index < -0.39 is 24.2 Å². The molecule has 348 valence electrons. The number of unbranched alkanes of at least 4 members (excludes halogenated alkanes) is 18. The Hall–Kier alpha value is -3.04. The van der Waals surface area contributed by atoms with E-state index in [1.54, 1.807) is 13.8 Å². The van der Waals surface area contributed by atoms with Gasteiger partial charge in [0.1, 0.15) is 26.4 Å². The Labute approximate surface area is 366 Å². The third kappa shape index (κ3) is 29.3. The van der Waals surface area contributed by atoms with Gasteiger partial charge in [-0.05, 0) is 76.0 Å². The molecule has 0 spiro atoms. The van der Waals surface area contributed by atoms with E-state index >= 15 is 0 Å². The standard InChI is InChI=1S/C50H88O10/c1-7-9-11-18-25-31-45-43(29-23-10-8-2)33-34-44(30-24-19-14-12-16-21-27-35-57-49(53)59-39-37-55-47(51)41(3)4)46(45)32-26-20-15-13-17-22-28-36-58-50(54)60-40-38-56-48(52)42(5)6/h43-46H,3,5,7-40H2,1-2,4,6H3. The molecule has 1 rings (SSSR count). The van der Waals surface area contributed by atoms with E-state index in [-0.39, 0.29) is 26.4 Å². The molecule has 0 aromatic heterocycles. The first-order valence-corrected chi connectivity index (χ1v) is 24.3. The van der Waals surface area contributed by atoms with Gasteiger partial charge in [0.15, 0.2) is 0 Å². The van der Waals surface area contributed by atoms with Gasteiger partial charge in [-0.1, -0.05) is 168 Å². The monoisotopic (exact) mass is 849 g/mol. The highest BCUT2D eigenvalue weighted by Gasteiger charge is 2.37. The van der Waals surface area contributed by atoms with Crippen LogP contribution in [0.4, 0.5) is 9.59 Å². The van der Waals surface area contributed by atoms with E-state index in [1.165, 1.54) is 141 Å². The van der Waals surface area contributed by atoms with E-state index in [2.05, 4.69) is 27.0 Å². The summed E-state index contributed by atoms with van der Waals surface area (Å²) in [6.07, 6.45) is 34.4. The first kappa shape index (κ1) is 55.0. The quantitative estimate of drug-likeness (QED) is 0.0257. The molecule has 0 amide bonds. The van der Waals surface area contributed by atoms with Gasteiger partial charge in [-0.2, -0.15) is 0 Å². The highest BCUT2D eigenvalue weighted by molar-refractivity contribution is 5.87. The predicted molar refractivity (Wildman–Crippen MR) is 241 cm³/mol. The molecule has 1 aliphatic rings. The summed E-state index contributed by atoms with van der Waals surface area (Å²) in [7, 11) is 0. The summed E-state index contributed by atoms with van der Waals surface area (Å²) in [4.78, 5) is 46.3. The van der Waals surface area contributed by atoms with E-state index in [0.717, 1.165) is 62.2 Å². The Balaban J connectivity index is 2.44. The molecular formula is C50H88O10. The fourth-order valence-electron chi connectivity index (χ4n) is 8.73. The normalized spacial score (nSPS) is 17.4. The van der Waals surface area contributed by atoms with Crippen molar-refractivity contribution in [2.45, 2.75) is 207 Å². The largest absolute Gasteiger partial charge is 0.508 e. The first-order valence-electron chi connectivity index (χ1n) is 24.3. The third-order valence-electron chi connectivity index (χ3n) is 12.1. The summed E-state index contributed by atoms with van der Waals surface area (Å²) in [6.45, 7) is 15.5. The van der Waals surface area contributed by atoms with E-state index in [9.17, 15) is 19.2 Å². The highest BCUT2D eigenvalue weighted by atomic mass is 16.7. The van der Waals surface area contributed by atoms with Gasteiger partial charge in [0.2, 0.25) is 0 Å². The van der Waals surface area contributed by atoms with E-state index in [4.69, 9.17) is 28.4 Å². The average Bonchev–Trinajstić information content (AvgIpc) is 3.23. The summed E-state index contributed by atoms with van der Waals surface area (Å²) in [6, 6.07) is 0. The molecule has 0 aliphatic heterocycles. The number of rotatable bonds is 38. The molecule has 0 N–H and O–H groups in total. The lowest BCUT2D eigenvalue weighted by molar-refractivity contribution is -0.140. The van der Waals surface area contributed by atoms with Crippen LogP contribution in [0.2, 0.25) is 0 Å². The van der Waals surface area contributed by atoms with Crippen molar-refractivity contribution in [3.63, 3.8) is 0 Å². The molecule has 1 fully saturated rings. The lowest BCUT2D eigenvalue weighted by atomic mass is 9.61. The second kappa shape index (κ2) is 37.7. The van der Waals surface area contributed by atoms with Gasteiger partial charge in [-0.25, -0.2) is 19.2 Å². The minimum Gasteiger partial charge on any atom is -0.459 e. The summed E-state index contributed by atoms with van der Waals surface area (Å²) in [5.74, 6) is 2.58. The third-order valence-corrected chi connectivity index (χ3v) is 12.1. The molecule has 0 radical (unpaired) electrons. The average molecular weight is 849 g/mol. The lowest BCUT2D eigenvalue weighted by Gasteiger charge is -2.44. The van der Waals surface area contributed by atoms with Crippen molar-refractivity contribution < 1.29 is 47.6 Å². The zero-order chi connectivity index (χ0) is 44.1. The minimum atomic E-state index is -0.718. The van der Waals surface area contributed by atoms with Crippen LogP contribution in [0.1, 0.15) is 207 Å². The maximum absolute atomic E-state index is 11.8. The molecule has 0 aromatic carbocycles. The Morgan fingerprint density at radius 2 is 0.667 bits per heavy atom. The van der Waals surface area contributed by atoms with Crippen molar-refractivity contribution in [2.24, 2.45) is 23.7 Å². The Bertz CT molecular complexity index is 1150. The van der Waals surface area contributed by atoms with E-state index in [1.807, 2.05) is 0 Å². The minimum absolute atomic E-state index is 0.00659. The molecule has 4 atom stereocenters. The molecule has 0 aromatic rings. The Kier molecular flexibility index (Phi) is 34.5. The van der Waals surface area contributed by atoms with Crippen molar-refractivity contribution in [1.29, 1.82) is 0 Å². The van der Waals surface area contributed by atoms with Crippen molar-refractivity contribution in [3.05, 3.63) is 24.3 Å². The molecule has 10 heteroatoms. The van der Waals surface area contributed by atoms with Crippen LogP contribution >= 0.6 is 0 Å². The molecule has 0 saturated heterocycles. The van der Waals surface area contributed by atoms with Crippen LogP contribution in [-0.2, 0) is 38.0 Å². The number of carbonyl (C=O) groups excluding carboxylic acids is 4. The van der Waals surface area contributed by atoms with Gasteiger partial charge in [0.05, 0.1) is 13.2 Å². The van der Waals surface area contributed by atoms with Crippen LogP contribution in [0.25, 0.3) is 0 Å². The van der Waals surface area contributed by atoms with E-state index in [0.29, 0.717) is 24.4 Å². The maximum Gasteiger partial charge on any atom is 0.508 e. The Morgan fingerprint density at radius 3 is 1.05 bits per heavy atom. The second-order valence-electron chi connectivity index (χ2n) is 17.4. The highest BCUT2D eigenvalue weighted by Crippen LogP contribution is 2.47. The zero-order valence-electron chi connectivity index (χ0n) is 38.8. The van der Waals surface area contributed by atoms with Crippen LogP contribution in [0.15, 0.2) is 24.3 Å². The van der Waals surface area contributed by atoms with Gasteiger partial charge in [0, 0.05) is 11.1 Å². The molecule has 10 nitrogen and oxygen atoms in total. The van der Waals surface area contributed by atoms with Crippen LogP contribution in [0.3, 0.4) is 0 Å². The van der Waals surface area contributed by atoms with Crippen LogP contribution in [0, 0.1) is 23.7 Å². The molecule has 0 heterocycles. The van der Waals surface area contributed by atoms with Crippen molar-refractivity contribution in [2.75, 3.05) is 39.6 Å². The zero-order valence-corrected chi connectivity index (χ0v) is 38.8. The summed E-state index contributed by atoms with van der Waals surface area (Å²) in [5, 5.41) is 0. The van der Waals surface area contributed by atoms with Gasteiger partial charge in [0.25, 0.3) is 0 Å². The van der Waals surface area contributed by atoms with Crippen molar-refractivity contribution in [3.8, 4) is 0 Å². The lowest BCUT2D eigenvalue weighted by Crippen LogP contribution is -2.35. The summed E-state index contributed by atoms with van der Waals surface area (Å²) < 4.78 is 30.0. The second-order valence-corrected chi connectivity index (χ2v) is 17.4. The predicted octanol–water partition coefficient (Wildman–Crippen LogP) is 14.0. The fourth-order valence-corrected chi connectivity index (χ4v) is 8.73. The number of hydrogen-bond acceptors (Lipinski definition) is 10. The Morgan fingerprint density at radius 1 is 0.383 bits per heavy atom. The molecule has 4 unspecified atom stereocenters. The molecule has 1 saturated carbocycles. The summed E-state index contributed by atoms with van der Waals surface area (Å²) in [5.41, 5.74) is 0.622. The topological polar surface area (TPSA) is 124 Å². The molecule has 1 aliphatic carbocycles. The SMILES string of the molecule is C=C(C)C(=O)OCCOC(=O)OCCCCCCCCCC1CCC(CCCCC)C(CCCCCCC)C1CCCCCCCCCOC(=O)OCCOC(=O)C(=C)C. The number of esters is 2. The van der Waals surface area contributed by atoms with Gasteiger partial charge in [-0.3, -0.25) is 0 Å². The fraction of sp³-hybridized carbons (Fsp3) is 0.840. The van der Waals surface area contributed by atoms with Crippen LogP contribution in [0.5, 0.6) is 0 Å². The molecular weight excluding hydrogens is 761 g/mol. The number of ether oxygens (including phenoxy) is 6. The number of hydrogen-bond donors (Lipinski definition) is 0. The first-order chi connectivity index (χ1) is 29.1. The molecule has 0 bridgehead atoms. The van der Waals surface area contributed by atoms with Gasteiger partial charge < -0.3 is 28.4 Å². The maximum atomic E-state index is 11.8. The molecule has 60 heavy (non-hydrogen) atoms. The summed E-state index contributed by atoms with van der Waals surface area (Å²) >= 11 is 0. The van der Waals surface area contributed by atoms with Crippen LogP contribution in [-0.4, -0.2) is 63.9 Å². The number of carbonyl (C=O) groups is 4.